The SMILES string of the molecule is CC(C)NC(=NCC1CCS(=O)(=O)C1)N1CCCC(C(C)C)C1.I. The Morgan fingerprint density at radius 3 is 2.50 bits per heavy atom. The van der Waals surface area contributed by atoms with Crippen LogP contribution in [0.5, 0.6) is 0 Å². The first-order valence-corrected chi connectivity index (χ1v) is 10.9. The van der Waals surface area contributed by atoms with Gasteiger partial charge in [-0.15, -0.1) is 24.0 Å². The normalized spacial score (nSPS) is 27.4. The molecule has 2 rings (SSSR count). The Balaban J connectivity index is 0.00000288. The van der Waals surface area contributed by atoms with Gasteiger partial charge in [-0.25, -0.2) is 8.42 Å². The van der Waals surface area contributed by atoms with E-state index in [1.165, 1.54) is 12.8 Å². The lowest BCUT2D eigenvalue weighted by molar-refractivity contribution is 0.205. The van der Waals surface area contributed by atoms with E-state index in [4.69, 9.17) is 4.99 Å². The fourth-order valence-corrected chi connectivity index (χ4v) is 5.32. The fraction of sp³-hybridized carbons (Fsp3) is 0.941. The fourth-order valence-electron chi connectivity index (χ4n) is 3.47. The van der Waals surface area contributed by atoms with Gasteiger partial charge in [-0.05, 0) is 50.9 Å². The van der Waals surface area contributed by atoms with E-state index in [2.05, 4.69) is 37.9 Å². The van der Waals surface area contributed by atoms with Gasteiger partial charge in [-0.3, -0.25) is 4.99 Å². The smallest absolute Gasteiger partial charge is 0.194 e. The molecule has 2 saturated heterocycles. The topological polar surface area (TPSA) is 61.8 Å². The van der Waals surface area contributed by atoms with Crippen LogP contribution in [0, 0.1) is 17.8 Å². The van der Waals surface area contributed by atoms with Crippen molar-refractivity contribution in [1.29, 1.82) is 0 Å². The maximum atomic E-state index is 11.6. The van der Waals surface area contributed by atoms with Crippen molar-refractivity contribution < 1.29 is 8.42 Å². The molecular formula is C17H34IN3O2S. The van der Waals surface area contributed by atoms with Crippen LogP contribution >= 0.6 is 24.0 Å². The maximum Gasteiger partial charge on any atom is 0.194 e. The first-order chi connectivity index (χ1) is 10.8. The van der Waals surface area contributed by atoms with E-state index in [0.717, 1.165) is 31.4 Å². The Morgan fingerprint density at radius 2 is 1.96 bits per heavy atom. The third-order valence-electron chi connectivity index (χ3n) is 4.94. The molecule has 7 heteroatoms. The van der Waals surface area contributed by atoms with Gasteiger partial charge in [0.05, 0.1) is 11.5 Å². The van der Waals surface area contributed by atoms with Gasteiger partial charge in [0, 0.05) is 25.7 Å². The molecule has 0 aromatic heterocycles. The highest BCUT2D eigenvalue weighted by molar-refractivity contribution is 14.0. The Hall–Kier alpha value is -0.0500. The number of halogens is 1. The maximum absolute atomic E-state index is 11.6. The van der Waals surface area contributed by atoms with Gasteiger partial charge in [0.1, 0.15) is 0 Å². The average molecular weight is 471 g/mol. The van der Waals surface area contributed by atoms with Crippen molar-refractivity contribution in [3.63, 3.8) is 0 Å². The van der Waals surface area contributed by atoms with Gasteiger partial charge in [-0.2, -0.15) is 0 Å². The monoisotopic (exact) mass is 471 g/mol. The second-order valence-corrected chi connectivity index (χ2v) is 10.1. The molecule has 0 radical (unpaired) electrons. The zero-order valence-electron chi connectivity index (χ0n) is 15.5. The molecule has 0 amide bonds. The molecule has 0 bridgehead atoms. The van der Waals surface area contributed by atoms with Crippen LogP contribution in [0.3, 0.4) is 0 Å². The van der Waals surface area contributed by atoms with Gasteiger partial charge in [0.15, 0.2) is 15.8 Å². The van der Waals surface area contributed by atoms with Crippen molar-refractivity contribution >= 4 is 39.8 Å². The second kappa shape index (κ2) is 9.59. The summed E-state index contributed by atoms with van der Waals surface area (Å²) in [6, 6.07) is 0.334. The van der Waals surface area contributed by atoms with Crippen molar-refractivity contribution in [3.05, 3.63) is 0 Å². The number of hydrogen-bond acceptors (Lipinski definition) is 3. The number of likely N-dealkylation sites (tertiary alicyclic amines) is 1. The summed E-state index contributed by atoms with van der Waals surface area (Å²) in [5.41, 5.74) is 0. The molecule has 2 atom stereocenters. The number of aliphatic imine (C=N–C) groups is 1. The molecule has 0 saturated carbocycles. The van der Waals surface area contributed by atoms with E-state index < -0.39 is 9.84 Å². The Kier molecular flexibility index (Phi) is 8.79. The van der Waals surface area contributed by atoms with Crippen LogP contribution in [0.4, 0.5) is 0 Å². The molecule has 2 aliphatic heterocycles. The molecule has 24 heavy (non-hydrogen) atoms. The molecule has 2 heterocycles. The Morgan fingerprint density at radius 1 is 1.25 bits per heavy atom. The highest BCUT2D eigenvalue weighted by Crippen LogP contribution is 2.24. The molecule has 2 unspecified atom stereocenters. The summed E-state index contributed by atoms with van der Waals surface area (Å²) >= 11 is 0. The molecule has 2 fully saturated rings. The van der Waals surface area contributed by atoms with Crippen molar-refractivity contribution in [2.24, 2.45) is 22.7 Å². The summed E-state index contributed by atoms with van der Waals surface area (Å²) < 4.78 is 23.2. The molecule has 0 aromatic carbocycles. The lowest BCUT2D eigenvalue weighted by Gasteiger charge is -2.37. The van der Waals surface area contributed by atoms with Crippen molar-refractivity contribution in [2.45, 2.75) is 53.0 Å². The first-order valence-electron chi connectivity index (χ1n) is 9.03. The van der Waals surface area contributed by atoms with E-state index in [-0.39, 0.29) is 29.9 Å². The zero-order chi connectivity index (χ0) is 17.0. The highest BCUT2D eigenvalue weighted by atomic mass is 127. The minimum atomic E-state index is -2.81. The van der Waals surface area contributed by atoms with Crippen LogP contribution in [-0.4, -0.2) is 56.5 Å². The number of hydrogen-bond donors (Lipinski definition) is 1. The minimum absolute atomic E-state index is 0. The van der Waals surface area contributed by atoms with E-state index >= 15 is 0 Å². The Labute approximate surface area is 165 Å². The average Bonchev–Trinajstić information content (AvgIpc) is 2.82. The van der Waals surface area contributed by atoms with E-state index in [1.807, 2.05) is 0 Å². The van der Waals surface area contributed by atoms with E-state index in [9.17, 15) is 8.42 Å². The van der Waals surface area contributed by atoms with Crippen molar-refractivity contribution in [2.75, 3.05) is 31.1 Å². The molecular weight excluding hydrogens is 437 g/mol. The number of nitrogens with zero attached hydrogens (tertiary/aromatic N) is 2. The lowest BCUT2D eigenvalue weighted by atomic mass is 9.88. The Bertz CT molecular complexity index is 520. The number of sulfone groups is 1. The van der Waals surface area contributed by atoms with Crippen LogP contribution in [0.2, 0.25) is 0 Å². The van der Waals surface area contributed by atoms with Gasteiger partial charge in [0.25, 0.3) is 0 Å². The van der Waals surface area contributed by atoms with E-state index in [0.29, 0.717) is 30.0 Å². The predicted molar refractivity (Wildman–Crippen MR) is 112 cm³/mol. The molecule has 2 aliphatic rings. The predicted octanol–water partition coefficient (Wildman–Crippen LogP) is 2.76. The summed E-state index contributed by atoms with van der Waals surface area (Å²) in [5, 5.41) is 3.48. The van der Waals surface area contributed by atoms with Gasteiger partial charge >= 0.3 is 0 Å². The number of nitrogens with one attached hydrogen (secondary N) is 1. The summed E-state index contributed by atoms with van der Waals surface area (Å²) in [4.78, 5) is 7.17. The summed E-state index contributed by atoms with van der Waals surface area (Å²) in [5.74, 6) is 3.21. The third kappa shape index (κ3) is 6.69. The number of rotatable bonds is 4. The molecule has 0 aromatic rings. The molecule has 0 spiro atoms. The quantitative estimate of drug-likeness (QED) is 0.389. The second-order valence-electron chi connectivity index (χ2n) is 7.82. The first kappa shape index (κ1) is 22.0. The van der Waals surface area contributed by atoms with Crippen LogP contribution in [0.25, 0.3) is 0 Å². The van der Waals surface area contributed by atoms with Crippen molar-refractivity contribution in [1.82, 2.24) is 10.2 Å². The molecule has 142 valence electrons. The van der Waals surface area contributed by atoms with Gasteiger partial charge in [-0.1, -0.05) is 13.8 Å². The number of guanidine groups is 1. The van der Waals surface area contributed by atoms with Crippen molar-refractivity contribution in [3.8, 4) is 0 Å². The van der Waals surface area contributed by atoms with E-state index in [1.54, 1.807) is 0 Å². The largest absolute Gasteiger partial charge is 0.354 e. The summed E-state index contributed by atoms with van der Waals surface area (Å²) in [6.45, 7) is 11.6. The van der Waals surface area contributed by atoms with Crippen LogP contribution in [0.15, 0.2) is 4.99 Å². The van der Waals surface area contributed by atoms with Gasteiger partial charge < -0.3 is 10.2 Å². The molecule has 5 nitrogen and oxygen atoms in total. The van der Waals surface area contributed by atoms with Crippen LogP contribution in [-0.2, 0) is 9.84 Å². The summed E-state index contributed by atoms with van der Waals surface area (Å²) in [7, 11) is -2.81. The highest BCUT2D eigenvalue weighted by Gasteiger charge is 2.29. The standard InChI is InChI=1S/C17H33N3O2S.HI/c1-13(2)16-6-5-8-20(11-16)17(19-14(3)4)18-10-15-7-9-23(21,22)12-15;/h13-16H,5-12H2,1-4H3,(H,18,19);1H. The zero-order valence-corrected chi connectivity index (χ0v) is 18.6. The van der Waals surface area contributed by atoms with Crippen LogP contribution in [0.1, 0.15) is 47.0 Å². The minimum Gasteiger partial charge on any atom is -0.354 e. The molecule has 1 N–H and O–H groups in total. The number of piperidine rings is 1. The summed E-state index contributed by atoms with van der Waals surface area (Å²) in [6.07, 6.45) is 3.26. The lowest BCUT2D eigenvalue weighted by Crippen LogP contribution is -2.49. The van der Waals surface area contributed by atoms with Gasteiger partial charge in [0.2, 0.25) is 0 Å². The third-order valence-corrected chi connectivity index (χ3v) is 6.78. The van der Waals surface area contributed by atoms with Crippen LogP contribution < -0.4 is 5.32 Å². The molecule has 0 aliphatic carbocycles.